The second-order valence-electron chi connectivity index (χ2n) is 5.76. The number of benzene rings is 2. The Bertz CT molecular complexity index is 743. The molecule has 0 nitrogen and oxygen atoms in total. The first-order valence-electron chi connectivity index (χ1n) is 6.88. The van der Waals surface area contributed by atoms with Crippen molar-refractivity contribution in [3.8, 4) is 0 Å². The van der Waals surface area contributed by atoms with Crippen molar-refractivity contribution in [2.24, 2.45) is 0 Å². The van der Waals surface area contributed by atoms with Crippen LogP contribution in [-0.2, 0) is 6.42 Å². The fourth-order valence-corrected chi connectivity index (χ4v) is 3.07. The van der Waals surface area contributed by atoms with Gasteiger partial charge in [0.25, 0.3) is 0 Å². The second kappa shape index (κ2) is 4.09. The molecule has 1 aliphatic rings. The molecule has 0 bridgehead atoms. The quantitative estimate of drug-likeness (QED) is 0.601. The third kappa shape index (κ3) is 1.74. The van der Waals surface area contributed by atoms with Gasteiger partial charge in [-0.15, -0.1) is 0 Å². The minimum atomic E-state index is 0.979. The molecule has 0 saturated carbocycles. The Morgan fingerprint density at radius 2 is 1.37 bits per heavy atom. The number of hydrogen-bond acceptors (Lipinski definition) is 0. The lowest BCUT2D eigenvalue weighted by Crippen LogP contribution is -2.00. The van der Waals surface area contributed by atoms with Crippen LogP contribution in [0.3, 0.4) is 0 Å². The van der Waals surface area contributed by atoms with Gasteiger partial charge in [0.1, 0.15) is 0 Å². The summed E-state index contributed by atoms with van der Waals surface area (Å²) in [6.45, 7) is 13.0. The van der Waals surface area contributed by atoms with Crippen LogP contribution >= 0.6 is 0 Å². The van der Waals surface area contributed by atoms with Crippen molar-refractivity contribution in [3.05, 3.63) is 63.7 Å². The molecule has 0 heteroatoms. The van der Waals surface area contributed by atoms with Crippen LogP contribution in [0.25, 0.3) is 16.8 Å². The van der Waals surface area contributed by atoms with Crippen LogP contribution in [0.2, 0.25) is 0 Å². The molecular formula is C19H20. The van der Waals surface area contributed by atoms with Gasteiger partial charge in [0.05, 0.1) is 0 Å². The number of fused-ring (bicyclic) bond motifs is 2. The smallest absolute Gasteiger partial charge is 0.00255 e. The Hall–Kier alpha value is -1.82. The van der Waals surface area contributed by atoms with Crippen molar-refractivity contribution in [1.29, 1.82) is 0 Å². The van der Waals surface area contributed by atoms with E-state index in [0.29, 0.717) is 0 Å². The van der Waals surface area contributed by atoms with Gasteiger partial charge in [-0.05, 0) is 90.4 Å². The van der Waals surface area contributed by atoms with E-state index in [-0.39, 0.29) is 0 Å². The maximum absolute atomic E-state index is 4.08. The van der Waals surface area contributed by atoms with E-state index in [1.807, 2.05) is 0 Å². The molecule has 0 radical (unpaired) electrons. The SMILES string of the molecule is C=C1C=Cc2cc3c(C)c(C)c(C)c(C)c3cc2C1. The first kappa shape index (κ1) is 12.2. The number of rotatable bonds is 0. The van der Waals surface area contributed by atoms with Crippen molar-refractivity contribution in [2.45, 2.75) is 34.1 Å². The van der Waals surface area contributed by atoms with Crippen LogP contribution in [0.15, 0.2) is 30.4 Å². The maximum atomic E-state index is 4.08. The topological polar surface area (TPSA) is 0 Å². The lowest BCUT2D eigenvalue weighted by molar-refractivity contribution is 1.18. The summed E-state index contributed by atoms with van der Waals surface area (Å²) >= 11 is 0. The fourth-order valence-electron chi connectivity index (χ4n) is 3.07. The van der Waals surface area contributed by atoms with E-state index in [1.165, 1.54) is 49.7 Å². The van der Waals surface area contributed by atoms with E-state index in [2.05, 4.69) is 58.6 Å². The predicted octanol–water partition coefficient (Wildman–Crippen LogP) is 5.20. The molecule has 0 unspecified atom stereocenters. The fraction of sp³-hybridized carbons (Fsp3) is 0.263. The molecule has 0 spiro atoms. The second-order valence-corrected chi connectivity index (χ2v) is 5.76. The number of aryl methyl sites for hydroxylation is 2. The van der Waals surface area contributed by atoms with Gasteiger partial charge in [-0.25, -0.2) is 0 Å². The van der Waals surface area contributed by atoms with E-state index < -0.39 is 0 Å². The third-order valence-corrected chi connectivity index (χ3v) is 4.69. The molecule has 2 aromatic rings. The third-order valence-electron chi connectivity index (χ3n) is 4.69. The number of hydrogen-bond donors (Lipinski definition) is 0. The zero-order chi connectivity index (χ0) is 13.7. The van der Waals surface area contributed by atoms with Crippen molar-refractivity contribution in [2.75, 3.05) is 0 Å². The van der Waals surface area contributed by atoms with Crippen LogP contribution in [0, 0.1) is 27.7 Å². The summed E-state index contributed by atoms with van der Waals surface area (Å²) in [5, 5.41) is 2.80. The first-order chi connectivity index (χ1) is 8.99. The molecular weight excluding hydrogens is 228 g/mol. The minimum Gasteiger partial charge on any atom is -0.0955 e. The zero-order valence-electron chi connectivity index (χ0n) is 12.2. The van der Waals surface area contributed by atoms with Crippen LogP contribution in [0.5, 0.6) is 0 Å². The molecule has 3 rings (SSSR count). The summed E-state index contributed by atoms with van der Waals surface area (Å²) in [7, 11) is 0. The Kier molecular flexibility index (Phi) is 2.63. The van der Waals surface area contributed by atoms with Gasteiger partial charge in [-0.3, -0.25) is 0 Å². The monoisotopic (exact) mass is 248 g/mol. The molecule has 0 aromatic heterocycles. The predicted molar refractivity (Wildman–Crippen MR) is 84.8 cm³/mol. The molecule has 19 heavy (non-hydrogen) atoms. The van der Waals surface area contributed by atoms with Crippen LogP contribution in [0.1, 0.15) is 33.4 Å². The van der Waals surface area contributed by atoms with E-state index >= 15 is 0 Å². The lowest BCUT2D eigenvalue weighted by atomic mass is 9.86. The van der Waals surface area contributed by atoms with Crippen molar-refractivity contribution in [3.63, 3.8) is 0 Å². The van der Waals surface area contributed by atoms with Crippen molar-refractivity contribution >= 4 is 16.8 Å². The Morgan fingerprint density at radius 3 is 2.00 bits per heavy atom. The Morgan fingerprint density at radius 1 is 0.789 bits per heavy atom. The van der Waals surface area contributed by atoms with Crippen molar-refractivity contribution in [1.82, 2.24) is 0 Å². The average Bonchev–Trinajstić information content (AvgIpc) is 2.41. The average molecular weight is 248 g/mol. The molecule has 96 valence electrons. The van der Waals surface area contributed by atoms with Crippen LogP contribution < -0.4 is 0 Å². The van der Waals surface area contributed by atoms with Gasteiger partial charge in [0.2, 0.25) is 0 Å². The zero-order valence-corrected chi connectivity index (χ0v) is 12.2. The summed E-state index contributed by atoms with van der Waals surface area (Å²) < 4.78 is 0. The molecule has 0 atom stereocenters. The van der Waals surface area contributed by atoms with Gasteiger partial charge in [0, 0.05) is 0 Å². The normalized spacial score (nSPS) is 14.0. The Labute approximate surface area is 115 Å². The van der Waals surface area contributed by atoms with Gasteiger partial charge in [-0.1, -0.05) is 24.3 Å². The highest BCUT2D eigenvalue weighted by Gasteiger charge is 2.13. The molecule has 0 fully saturated rings. The largest absolute Gasteiger partial charge is 0.0955 e. The van der Waals surface area contributed by atoms with E-state index in [4.69, 9.17) is 0 Å². The highest BCUT2D eigenvalue weighted by molar-refractivity contribution is 5.93. The minimum absolute atomic E-state index is 0.979. The molecule has 2 aromatic carbocycles. The first-order valence-corrected chi connectivity index (χ1v) is 6.88. The summed E-state index contributed by atoms with van der Waals surface area (Å²) in [5.74, 6) is 0. The molecule has 0 amide bonds. The van der Waals surface area contributed by atoms with E-state index in [0.717, 1.165) is 6.42 Å². The van der Waals surface area contributed by atoms with E-state index in [1.54, 1.807) is 0 Å². The van der Waals surface area contributed by atoms with Gasteiger partial charge >= 0.3 is 0 Å². The summed E-state index contributed by atoms with van der Waals surface area (Å²) in [4.78, 5) is 0. The maximum Gasteiger partial charge on any atom is -0.00255 e. The summed E-state index contributed by atoms with van der Waals surface area (Å²) in [6, 6.07) is 4.72. The van der Waals surface area contributed by atoms with Crippen molar-refractivity contribution < 1.29 is 0 Å². The van der Waals surface area contributed by atoms with Crippen LogP contribution in [-0.4, -0.2) is 0 Å². The highest BCUT2D eigenvalue weighted by atomic mass is 14.2. The van der Waals surface area contributed by atoms with Gasteiger partial charge in [-0.2, -0.15) is 0 Å². The highest BCUT2D eigenvalue weighted by Crippen LogP contribution is 2.33. The molecule has 0 heterocycles. The molecule has 0 N–H and O–H groups in total. The molecule has 0 aliphatic heterocycles. The van der Waals surface area contributed by atoms with Gasteiger partial charge < -0.3 is 0 Å². The summed E-state index contributed by atoms with van der Waals surface area (Å²) in [5.41, 5.74) is 9.64. The molecule has 0 saturated heterocycles. The van der Waals surface area contributed by atoms with E-state index in [9.17, 15) is 0 Å². The van der Waals surface area contributed by atoms with Crippen LogP contribution in [0.4, 0.5) is 0 Å². The summed E-state index contributed by atoms with van der Waals surface area (Å²) in [6.07, 6.45) is 5.31. The standard InChI is InChI=1S/C19H20/c1-11-6-7-16-9-18-14(4)12(2)13(3)15(5)19(18)10-17(16)8-11/h6-7,9-10H,1,8H2,2-5H3. The molecule has 1 aliphatic carbocycles. The van der Waals surface area contributed by atoms with Gasteiger partial charge in [0.15, 0.2) is 0 Å². The lowest BCUT2D eigenvalue weighted by Gasteiger charge is -2.19. The number of allylic oxidation sites excluding steroid dienone is 2. The Balaban J connectivity index is 2.43.